The maximum atomic E-state index is 12.2. The van der Waals surface area contributed by atoms with Crippen molar-refractivity contribution in [2.45, 2.75) is 19.1 Å². The molecule has 9 nitrogen and oxygen atoms in total. The number of sulfonamides is 1. The average molecular weight is 428 g/mol. The Hall–Kier alpha value is -3.45. The number of aryl methyl sites for hydroxylation is 1. The van der Waals surface area contributed by atoms with E-state index in [1.54, 1.807) is 42.2 Å². The minimum atomic E-state index is -3.81. The number of anilines is 1. The first-order valence-electron chi connectivity index (χ1n) is 9.15. The standard InChI is InChI=1S/C20H20N4O5S/c1-13-18(20(26)27)19(16(8-21)9-22-13)24-10-15(11-24)7-17(25)23-30(28,29)12-14-5-3-2-4-6-14/h2-6,9,15H,7,10-12H2,1H3,(H,23,25)(H,26,27). The lowest BCUT2D eigenvalue weighted by Crippen LogP contribution is -2.50. The number of benzene rings is 1. The summed E-state index contributed by atoms with van der Waals surface area (Å²) in [6.07, 6.45) is 1.31. The minimum absolute atomic E-state index is 0.0150. The lowest BCUT2D eigenvalue weighted by Gasteiger charge is -2.41. The van der Waals surface area contributed by atoms with Crippen molar-refractivity contribution in [2.75, 3.05) is 18.0 Å². The molecule has 30 heavy (non-hydrogen) atoms. The van der Waals surface area contributed by atoms with Crippen LogP contribution < -0.4 is 9.62 Å². The molecule has 1 aromatic heterocycles. The Labute approximate surface area is 174 Å². The van der Waals surface area contributed by atoms with Gasteiger partial charge in [-0.25, -0.2) is 13.2 Å². The van der Waals surface area contributed by atoms with Crippen molar-refractivity contribution in [3.05, 3.63) is 58.9 Å². The molecule has 1 saturated heterocycles. The van der Waals surface area contributed by atoms with Crippen LogP contribution in [-0.2, 0) is 20.6 Å². The Morgan fingerprint density at radius 3 is 2.57 bits per heavy atom. The number of carbonyl (C=O) groups excluding carboxylic acids is 1. The van der Waals surface area contributed by atoms with Gasteiger partial charge in [0.25, 0.3) is 0 Å². The van der Waals surface area contributed by atoms with E-state index < -0.39 is 21.9 Å². The van der Waals surface area contributed by atoms with Crippen LogP contribution in [0.3, 0.4) is 0 Å². The number of hydrogen-bond acceptors (Lipinski definition) is 7. The first kappa shape index (κ1) is 21.3. The van der Waals surface area contributed by atoms with Crippen molar-refractivity contribution in [1.29, 1.82) is 5.26 Å². The Morgan fingerprint density at radius 1 is 1.30 bits per heavy atom. The zero-order chi connectivity index (χ0) is 21.9. The molecule has 0 unspecified atom stereocenters. The third-order valence-corrected chi connectivity index (χ3v) is 6.04. The summed E-state index contributed by atoms with van der Waals surface area (Å²) in [5.74, 6) is -2.24. The molecule has 1 aliphatic rings. The van der Waals surface area contributed by atoms with Crippen LogP contribution in [0.5, 0.6) is 0 Å². The highest BCUT2D eigenvalue weighted by Crippen LogP contribution is 2.33. The van der Waals surface area contributed by atoms with Crippen molar-refractivity contribution >= 4 is 27.6 Å². The Bertz CT molecular complexity index is 1120. The molecule has 1 amide bonds. The lowest BCUT2D eigenvalue weighted by molar-refractivity contribution is -0.120. The predicted octanol–water partition coefficient (Wildman–Crippen LogP) is 1.43. The van der Waals surface area contributed by atoms with Gasteiger partial charge in [-0.3, -0.25) is 14.5 Å². The number of nitrogens with zero attached hydrogens (tertiary/aromatic N) is 3. The van der Waals surface area contributed by atoms with Gasteiger partial charge in [-0.15, -0.1) is 0 Å². The molecule has 0 saturated carbocycles. The summed E-state index contributed by atoms with van der Waals surface area (Å²) in [4.78, 5) is 29.5. The first-order chi connectivity index (χ1) is 14.2. The lowest BCUT2D eigenvalue weighted by atomic mass is 9.93. The molecule has 1 fully saturated rings. The van der Waals surface area contributed by atoms with Crippen LogP contribution in [0.25, 0.3) is 0 Å². The summed E-state index contributed by atoms with van der Waals surface area (Å²) in [5.41, 5.74) is 1.26. The molecule has 2 aromatic rings. The van der Waals surface area contributed by atoms with Gasteiger partial charge >= 0.3 is 5.97 Å². The van der Waals surface area contributed by atoms with Crippen molar-refractivity contribution in [3.63, 3.8) is 0 Å². The molecule has 10 heteroatoms. The van der Waals surface area contributed by atoms with Gasteiger partial charge in [0.05, 0.1) is 22.7 Å². The fourth-order valence-corrected chi connectivity index (χ4v) is 4.58. The molecule has 0 radical (unpaired) electrons. The smallest absolute Gasteiger partial charge is 0.339 e. The molecule has 0 spiro atoms. The van der Waals surface area contributed by atoms with Crippen LogP contribution in [-0.4, -0.2) is 43.5 Å². The van der Waals surface area contributed by atoms with Crippen LogP contribution in [0.1, 0.15) is 33.6 Å². The molecule has 0 atom stereocenters. The normalized spacial score (nSPS) is 13.9. The fraction of sp³-hybridized carbons (Fsp3) is 0.300. The molecule has 1 aromatic carbocycles. The van der Waals surface area contributed by atoms with E-state index in [0.29, 0.717) is 24.3 Å². The van der Waals surface area contributed by atoms with Gasteiger partial charge in [0.2, 0.25) is 15.9 Å². The van der Waals surface area contributed by atoms with Crippen molar-refractivity contribution in [2.24, 2.45) is 5.92 Å². The predicted molar refractivity (Wildman–Crippen MR) is 108 cm³/mol. The van der Waals surface area contributed by atoms with Gasteiger partial charge in [-0.2, -0.15) is 5.26 Å². The van der Waals surface area contributed by atoms with Gasteiger partial charge in [0.15, 0.2) is 0 Å². The number of aromatic carboxylic acids is 1. The highest BCUT2D eigenvalue weighted by Gasteiger charge is 2.34. The van der Waals surface area contributed by atoms with E-state index in [-0.39, 0.29) is 34.9 Å². The van der Waals surface area contributed by atoms with Gasteiger partial charge in [0, 0.05) is 31.6 Å². The molecule has 0 bridgehead atoms. The van der Waals surface area contributed by atoms with Gasteiger partial charge in [-0.1, -0.05) is 30.3 Å². The zero-order valence-electron chi connectivity index (χ0n) is 16.2. The molecule has 0 aliphatic carbocycles. The second-order valence-corrected chi connectivity index (χ2v) is 8.87. The highest BCUT2D eigenvalue weighted by atomic mass is 32.2. The monoisotopic (exact) mass is 428 g/mol. The number of carboxylic acid groups (broad SMARTS) is 1. The quantitative estimate of drug-likeness (QED) is 0.675. The summed E-state index contributed by atoms with van der Waals surface area (Å²) in [5, 5.41) is 18.8. The molecule has 2 N–H and O–H groups in total. The molecular formula is C20H20N4O5S. The number of aromatic nitrogens is 1. The number of carbonyl (C=O) groups is 2. The van der Waals surface area contributed by atoms with E-state index >= 15 is 0 Å². The number of hydrogen-bond donors (Lipinski definition) is 2. The van der Waals surface area contributed by atoms with Crippen LogP contribution in [0.4, 0.5) is 5.69 Å². The fourth-order valence-electron chi connectivity index (χ4n) is 3.45. The molecule has 2 heterocycles. The van der Waals surface area contributed by atoms with E-state index in [0.717, 1.165) is 0 Å². The third-order valence-electron chi connectivity index (χ3n) is 4.79. The molecule has 1 aliphatic heterocycles. The van der Waals surface area contributed by atoms with Gasteiger partial charge < -0.3 is 10.0 Å². The Kier molecular flexibility index (Phi) is 6.03. The highest BCUT2D eigenvalue weighted by molar-refractivity contribution is 7.89. The SMILES string of the molecule is Cc1ncc(C#N)c(N2CC(CC(=O)NS(=O)(=O)Cc3ccccc3)C2)c1C(=O)O. The second kappa shape index (κ2) is 8.51. The summed E-state index contributed by atoms with van der Waals surface area (Å²) >= 11 is 0. The first-order valence-corrected chi connectivity index (χ1v) is 10.8. The molecule has 156 valence electrons. The number of nitriles is 1. The van der Waals surface area contributed by atoms with Crippen molar-refractivity contribution < 1.29 is 23.1 Å². The maximum absolute atomic E-state index is 12.2. The third kappa shape index (κ3) is 4.75. The summed E-state index contributed by atoms with van der Waals surface area (Å²) < 4.78 is 26.4. The number of pyridine rings is 1. The van der Waals surface area contributed by atoms with E-state index in [4.69, 9.17) is 0 Å². The topological polar surface area (TPSA) is 140 Å². The van der Waals surface area contributed by atoms with Crippen molar-refractivity contribution in [3.8, 4) is 6.07 Å². The van der Waals surface area contributed by atoms with Crippen LogP contribution in [0.2, 0.25) is 0 Å². The maximum Gasteiger partial charge on any atom is 0.339 e. The molecule has 3 rings (SSSR count). The van der Waals surface area contributed by atoms with E-state index in [1.807, 2.05) is 6.07 Å². The van der Waals surface area contributed by atoms with E-state index in [9.17, 15) is 28.4 Å². The summed E-state index contributed by atoms with van der Waals surface area (Å²) in [6, 6.07) is 10.5. The number of amides is 1. The van der Waals surface area contributed by atoms with Crippen LogP contribution >= 0.6 is 0 Å². The number of carboxylic acids is 1. The van der Waals surface area contributed by atoms with Crippen molar-refractivity contribution in [1.82, 2.24) is 9.71 Å². The second-order valence-electron chi connectivity index (χ2n) is 7.14. The number of rotatable bonds is 7. The van der Waals surface area contributed by atoms with Gasteiger partial charge in [-0.05, 0) is 12.5 Å². The van der Waals surface area contributed by atoms with Crippen LogP contribution in [0.15, 0.2) is 36.5 Å². The molecular weight excluding hydrogens is 408 g/mol. The van der Waals surface area contributed by atoms with Crippen LogP contribution in [0, 0.1) is 24.2 Å². The Balaban J connectivity index is 1.62. The van der Waals surface area contributed by atoms with Gasteiger partial charge in [0.1, 0.15) is 11.6 Å². The van der Waals surface area contributed by atoms with E-state index in [1.165, 1.54) is 6.20 Å². The largest absolute Gasteiger partial charge is 0.478 e. The zero-order valence-corrected chi connectivity index (χ0v) is 17.0. The Morgan fingerprint density at radius 2 is 1.97 bits per heavy atom. The van der Waals surface area contributed by atoms with E-state index in [2.05, 4.69) is 9.71 Å². The minimum Gasteiger partial charge on any atom is -0.478 e. The number of nitrogens with one attached hydrogen (secondary N) is 1. The summed E-state index contributed by atoms with van der Waals surface area (Å²) in [7, 11) is -3.81. The summed E-state index contributed by atoms with van der Waals surface area (Å²) in [6.45, 7) is 2.23. The average Bonchev–Trinajstić information content (AvgIpc) is 2.63.